The second kappa shape index (κ2) is 8.30. The lowest BCUT2D eigenvalue weighted by Gasteiger charge is -2.30. The highest BCUT2D eigenvalue weighted by atomic mass is 16.1. The second-order valence-electron chi connectivity index (χ2n) is 6.71. The van der Waals surface area contributed by atoms with Gasteiger partial charge in [0, 0.05) is 23.7 Å². The van der Waals surface area contributed by atoms with Crippen molar-refractivity contribution in [3.8, 4) is 0 Å². The molecule has 3 heteroatoms. The van der Waals surface area contributed by atoms with Gasteiger partial charge < -0.3 is 10.1 Å². The molecule has 1 N–H and O–H groups in total. The lowest BCUT2D eigenvalue weighted by Crippen LogP contribution is -2.30. The van der Waals surface area contributed by atoms with Gasteiger partial charge in [-0.3, -0.25) is 0 Å². The van der Waals surface area contributed by atoms with Gasteiger partial charge in [-0.05, 0) is 50.7 Å². The molecule has 0 saturated carbocycles. The van der Waals surface area contributed by atoms with E-state index in [0.29, 0.717) is 5.41 Å². The number of aromatic nitrogens is 1. The Morgan fingerprint density at radius 3 is 2.50 bits per heavy atom. The molecule has 0 saturated heterocycles. The Labute approximate surface area is 135 Å². The van der Waals surface area contributed by atoms with Crippen LogP contribution in [0.2, 0.25) is 0 Å². The minimum Gasteiger partial charge on any atom is -0.369 e. The monoisotopic (exact) mass is 304 g/mol. The summed E-state index contributed by atoms with van der Waals surface area (Å²) in [4.78, 5) is 14.0. The summed E-state index contributed by atoms with van der Waals surface area (Å²) < 4.78 is 0. The number of anilines is 1. The molecule has 1 aliphatic rings. The molecule has 0 radical (unpaired) electrons. The summed E-state index contributed by atoms with van der Waals surface area (Å²) in [6, 6.07) is 2.38. The Hall–Kier alpha value is -1.38. The third kappa shape index (κ3) is 4.56. The summed E-state index contributed by atoms with van der Waals surface area (Å²) >= 11 is 0. The van der Waals surface area contributed by atoms with Gasteiger partial charge in [0.05, 0.1) is 0 Å². The van der Waals surface area contributed by atoms with Gasteiger partial charge in [-0.2, -0.15) is 0 Å². The second-order valence-corrected chi connectivity index (χ2v) is 6.71. The maximum absolute atomic E-state index is 9.44. The van der Waals surface area contributed by atoms with Crippen LogP contribution < -0.4 is 5.32 Å². The van der Waals surface area contributed by atoms with Crippen molar-refractivity contribution in [3.05, 3.63) is 23.4 Å². The molecule has 1 aromatic heterocycles. The van der Waals surface area contributed by atoms with E-state index in [1.54, 1.807) is 0 Å². The zero-order chi connectivity index (χ0) is 16.8. The molecule has 1 aromatic rings. The molecule has 2 atom stereocenters. The smallest absolute Gasteiger partial charge is 0.129 e. The molecule has 0 spiro atoms. The number of rotatable bonds is 5. The van der Waals surface area contributed by atoms with Gasteiger partial charge in [0.25, 0.3) is 0 Å². The first-order valence-electron chi connectivity index (χ1n) is 8.58. The van der Waals surface area contributed by atoms with E-state index < -0.39 is 0 Å². The first kappa shape index (κ1) is 18.7. The van der Waals surface area contributed by atoms with E-state index in [-0.39, 0.29) is 5.78 Å². The molecule has 22 heavy (non-hydrogen) atoms. The predicted molar refractivity (Wildman–Crippen MR) is 94.5 cm³/mol. The number of Topliss-reactive ketones (excluding diaryl/α,β-unsaturated/α-hetero) is 1. The summed E-state index contributed by atoms with van der Waals surface area (Å²) in [5, 5.41) is 3.51. The molecule has 2 rings (SSSR count). The fourth-order valence-electron chi connectivity index (χ4n) is 3.05. The molecule has 124 valence electrons. The Bertz CT molecular complexity index is 494. The maximum Gasteiger partial charge on any atom is 0.129 e. The van der Waals surface area contributed by atoms with E-state index in [4.69, 9.17) is 0 Å². The van der Waals surface area contributed by atoms with Crippen molar-refractivity contribution in [3.63, 3.8) is 0 Å². The van der Waals surface area contributed by atoms with E-state index in [9.17, 15) is 4.79 Å². The normalized spacial score (nSPS) is 20.5. The highest BCUT2D eigenvalue weighted by Crippen LogP contribution is 2.43. The topological polar surface area (TPSA) is 42.0 Å². The van der Waals surface area contributed by atoms with Crippen LogP contribution in [0, 0.1) is 5.92 Å². The number of pyridine rings is 1. The highest BCUT2D eigenvalue weighted by Gasteiger charge is 2.38. The molecule has 2 heterocycles. The van der Waals surface area contributed by atoms with Crippen molar-refractivity contribution in [2.24, 2.45) is 5.92 Å². The molecule has 1 aliphatic heterocycles. The van der Waals surface area contributed by atoms with Gasteiger partial charge in [0.2, 0.25) is 0 Å². The molecular formula is C19H32N2O. The Morgan fingerprint density at radius 1 is 1.36 bits per heavy atom. The number of nitrogens with zero attached hydrogens (tertiary/aromatic N) is 1. The minimum absolute atomic E-state index is 0.167. The zero-order valence-electron chi connectivity index (χ0n) is 15.1. The van der Waals surface area contributed by atoms with Gasteiger partial charge in [-0.15, -0.1) is 0 Å². The Balaban J connectivity index is 0.000000541. The van der Waals surface area contributed by atoms with Crippen LogP contribution in [-0.4, -0.2) is 17.3 Å². The number of aryl methyl sites for hydroxylation is 1. The van der Waals surface area contributed by atoms with Crippen molar-refractivity contribution in [1.82, 2.24) is 4.98 Å². The summed E-state index contributed by atoms with van der Waals surface area (Å²) in [5.41, 5.74) is 3.13. The van der Waals surface area contributed by atoms with Crippen molar-refractivity contribution >= 4 is 11.6 Å². The van der Waals surface area contributed by atoms with Gasteiger partial charge in [-0.1, -0.05) is 34.1 Å². The number of fused-ring (bicyclic) bond motifs is 1. The molecule has 2 unspecified atom stereocenters. The molecule has 0 bridgehead atoms. The molecule has 0 fully saturated rings. The number of nitrogens with one attached hydrogen (secondary N) is 1. The van der Waals surface area contributed by atoms with Crippen LogP contribution in [0.3, 0.4) is 0 Å². The van der Waals surface area contributed by atoms with Gasteiger partial charge >= 0.3 is 0 Å². The van der Waals surface area contributed by atoms with Crippen molar-refractivity contribution in [1.29, 1.82) is 0 Å². The first-order valence-corrected chi connectivity index (χ1v) is 8.58. The maximum atomic E-state index is 9.44. The van der Waals surface area contributed by atoms with Gasteiger partial charge in [-0.25, -0.2) is 4.98 Å². The third-order valence-corrected chi connectivity index (χ3v) is 4.63. The number of carbonyl (C=O) groups excluding carboxylic acids is 1. The van der Waals surface area contributed by atoms with E-state index in [0.717, 1.165) is 24.7 Å². The standard InChI is InChI=1S/C16H26N2.C3H6O/c1-5-12(4)9-16(7-3)11-18-15-14(16)8-13(6-2)10-17-15;1-3(2)4/h8,10,12H,5-7,9,11H2,1-4H3,(H,17,18);1-2H3. The van der Waals surface area contributed by atoms with Crippen LogP contribution in [0.15, 0.2) is 12.3 Å². The van der Waals surface area contributed by atoms with Crippen LogP contribution in [0.1, 0.15) is 71.9 Å². The highest BCUT2D eigenvalue weighted by molar-refractivity contribution is 5.72. The van der Waals surface area contributed by atoms with E-state index in [2.05, 4.69) is 44.1 Å². The molecule has 3 nitrogen and oxygen atoms in total. The lowest BCUT2D eigenvalue weighted by atomic mass is 9.73. The van der Waals surface area contributed by atoms with Crippen LogP contribution >= 0.6 is 0 Å². The SMILES string of the molecule is CC(C)=O.CCc1cnc2c(c1)C(CC)(CC(C)CC)CN2. The van der Waals surface area contributed by atoms with Crippen LogP contribution in [-0.2, 0) is 16.6 Å². The average molecular weight is 304 g/mol. The van der Waals surface area contributed by atoms with Gasteiger partial charge in [0.1, 0.15) is 11.6 Å². The number of hydrogen-bond donors (Lipinski definition) is 1. The number of hydrogen-bond acceptors (Lipinski definition) is 3. The fraction of sp³-hybridized carbons (Fsp3) is 0.684. The summed E-state index contributed by atoms with van der Waals surface area (Å²) in [6.07, 6.45) is 6.82. The molecule has 0 amide bonds. The lowest BCUT2D eigenvalue weighted by molar-refractivity contribution is -0.114. The average Bonchev–Trinajstić information content (AvgIpc) is 2.85. The first-order chi connectivity index (χ1) is 10.4. The van der Waals surface area contributed by atoms with Crippen molar-refractivity contribution < 1.29 is 4.79 Å². The summed E-state index contributed by atoms with van der Waals surface area (Å²) in [7, 11) is 0. The molecule has 0 aromatic carbocycles. The summed E-state index contributed by atoms with van der Waals surface area (Å²) in [5.74, 6) is 2.07. The largest absolute Gasteiger partial charge is 0.369 e. The third-order valence-electron chi connectivity index (χ3n) is 4.63. The summed E-state index contributed by atoms with van der Waals surface area (Å²) in [6.45, 7) is 13.3. The Kier molecular flexibility index (Phi) is 7.05. The number of ketones is 1. The Morgan fingerprint density at radius 2 is 2.00 bits per heavy atom. The quantitative estimate of drug-likeness (QED) is 0.853. The van der Waals surface area contributed by atoms with Crippen LogP contribution in [0.4, 0.5) is 5.82 Å². The zero-order valence-corrected chi connectivity index (χ0v) is 15.1. The predicted octanol–water partition coefficient (Wildman–Crippen LogP) is 4.75. The van der Waals surface area contributed by atoms with E-state index in [1.165, 1.54) is 44.2 Å². The number of carbonyl (C=O) groups is 1. The fourth-order valence-corrected chi connectivity index (χ4v) is 3.05. The van der Waals surface area contributed by atoms with Gasteiger partial charge in [0.15, 0.2) is 0 Å². The molecule has 0 aliphatic carbocycles. The van der Waals surface area contributed by atoms with Crippen LogP contribution in [0.25, 0.3) is 0 Å². The molecular weight excluding hydrogens is 272 g/mol. The van der Waals surface area contributed by atoms with Crippen LogP contribution in [0.5, 0.6) is 0 Å². The van der Waals surface area contributed by atoms with Crippen molar-refractivity contribution in [2.75, 3.05) is 11.9 Å². The van der Waals surface area contributed by atoms with E-state index >= 15 is 0 Å². The van der Waals surface area contributed by atoms with Crippen molar-refractivity contribution in [2.45, 2.75) is 72.6 Å². The minimum atomic E-state index is 0.167. The van der Waals surface area contributed by atoms with E-state index in [1.807, 2.05) is 6.20 Å².